The zero-order chi connectivity index (χ0) is 7.84. The highest BCUT2D eigenvalue weighted by molar-refractivity contribution is 5.38. The van der Waals surface area contributed by atoms with Crippen LogP contribution in [0.5, 0.6) is 0 Å². The van der Waals surface area contributed by atoms with Crippen molar-refractivity contribution < 1.29 is 4.39 Å². The number of rotatable bonds is 0. The maximum atomic E-state index is 12.7. The number of aromatic nitrogens is 2. The van der Waals surface area contributed by atoms with Gasteiger partial charge in [-0.05, 0) is 0 Å². The summed E-state index contributed by atoms with van der Waals surface area (Å²) in [4.78, 5) is 0. The molecule has 56 valence electrons. The molecule has 1 aliphatic carbocycles. The lowest BCUT2D eigenvalue weighted by molar-refractivity contribution is 0.346. The predicted molar refractivity (Wildman–Crippen MR) is 35.6 cm³/mol. The fraction of sp³-hybridized carbons (Fsp3) is 0.429. The number of nitriles is 1. The molecular formula is C7H6FN3. The first-order valence-corrected chi connectivity index (χ1v) is 3.41. The van der Waals surface area contributed by atoms with Crippen LogP contribution in [0.3, 0.4) is 0 Å². The minimum Gasteiger partial charge on any atom is -0.281 e. The minimum atomic E-state index is -0.827. The van der Waals surface area contributed by atoms with Crippen LogP contribution in [0.25, 0.3) is 0 Å². The second-order valence-corrected chi connectivity index (χ2v) is 2.65. The zero-order valence-corrected chi connectivity index (χ0v) is 5.76. The van der Waals surface area contributed by atoms with E-state index in [1.165, 1.54) is 0 Å². The van der Waals surface area contributed by atoms with Gasteiger partial charge in [-0.25, -0.2) is 4.39 Å². The van der Waals surface area contributed by atoms with E-state index in [0.717, 1.165) is 11.3 Å². The molecule has 0 saturated carbocycles. The van der Waals surface area contributed by atoms with Crippen molar-refractivity contribution in [1.29, 1.82) is 5.26 Å². The third kappa shape index (κ3) is 0.811. The molecule has 0 saturated heterocycles. The number of aromatic amines is 1. The molecule has 1 aliphatic rings. The first-order chi connectivity index (χ1) is 5.31. The first-order valence-electron chi connectivity index (χ1n) is 3.41. The summed E-state index contributed by atoms with van der Waals surface area (Å²) in [5.41, 5.74) is 1.90. The highest BCUT2D eigenvalue weighted by atomic mass is 19.1. The van der Waals surface area contributed by atoms with E-state index in [1.807, 2.05) is 6.07 Å². The van der Waals surface area contributed by atoms with E-state index >= 15 is 0 Å². The third-order valence-corrected chi connectivity index (χ3v) is 1.91. The molecule has 1 N–H and O–H groups in total. The highest BCUT2D eigenvalue weighted by Gasteiger charge is 2.25. The van der Waals surface area contributed by atoms with Gasteiger partial charge in [0.15, 0.2) is 5.69 Å². The van der Waals surface area contributed by atoms with Crippen LogP contribution < -0.4 is 0 Å². The number of hydrogen-bond donors (Lipinski definition) is 1. The molecule has 11 heavy (non-hydrogen) atoms. The van der Waals surface area contributed by atoms with Gasteiger partial charge in [-0.2, -0.15) is 10.4 Å². The average molecular weight is 151 g/mol. The van der Waals surface area contributed by atoms with E-state index in [-0.39, 0.29) is 0 Å². The monoisotopic (exact) mass is 151 g/mol. The van der Waals surface area contributed by atoms with Gasteiger partial charge in [0, 0.05) is 24.1 Å². The smallest absolute Gasteiger partial charge is 0.165 e. The van der Waals surface area contributed by atoms with Gasteiger partial charge in [-0.3, -0.25) is 5.10 Å². The van der Waals surface area contributed by atoms with Gasteiger partial charge in [0.2, 0.25) is 0 Å². The van der Waals surface area contributed by atoms with Crippen molar-refractivity contribution in [2.45, 2.75) is 19.0 Å². The van der Waals surface area contributed by atoms with Crippen molar-refractivity contribution in [1.82, 2.24) is 10.2 Å². The topological polar surface area (TPSA) is 52.5 Å². The summed E-state index contributed by atoms with van der Waals surface area (Å²) in [6.45, 7) is 0. The second-order valence-electron chi connectivity index (χ2n) is 2.65. The summed E-state index contributed by atoms with van der Waals surface area (Å²) in [5, 5.41) is 14.9. The van der Waals surface area contributed by atoms with Gasteiger partial charge >= 0.3 is 0 Å². The number of fused-ring (bicyclic) bond motifs is 1. The van der Waals surface area contributed by atoms with Crippen LogP contribution in [0.1, 0.15) is 17.0 Å². The molecule has 3 nitrogen and oxygen atoms in total. The molecule has 0 aliphatic heterocycles. The van der Waals surface area contributed by atoms with Crippen LogP contribution in [0.15, 0.2) is 0 Å². The fourth-order valence-corrected chi connectivity index (χ4v) is 1.40. The summed E-state index contributed by atoms with van der Waals surface area (Å²) < 4.78 is 12.7. The van der Waals surface area contributed by atoms with Gasteiger partial charge in [0.1, 0.15) is 12.2 Å². The van der Waals surface area contributed by atoms with Crippen molar-refractivity contribution in [3.05, 3.63) is 17.0 Å². The van der Waals surface area contributed by atoms with Gasteiger partial charge in [-0.1, -0.05) is 0 Å². The van der Waals surface area contributed by atoms with E-state index in [2.05, 4.69) is 10.2 Å². The van der Waals surface area contributed by atoms with Gasteiger partial charge < -0.3 is 0 Å². The summed E-state index contributed by atoms with van der Waals surface area (Å²) in [7, 11) is 0. The molecule has 1 aromatic rings. The lowest BCUT2D eigenvalue weighted by atomic mass is 10.2. The van der Waals surface area contributed by atoms with Crippen LogP contribution >= 0.6 is 0 Å². The Morgan fingerprint density at radius 1 is 1.64 bits per heavy atom. The number of halogens is 1. The molecule has 1 aromatic heterocycles. The second kappa shape index (κ2) is 2.06. The molecule has 0 bridgehead atoms. The van der Waals surface area contributed by atoms with Gasteiger partial charge in [0.05, 0.1) is 0 Å². The van der Waals surface area contributed by atoms with Crippen molar-refractivity contribution in [2.24, 2.45) is 0 Å². The maximum Gasteiger partial charge on any atom is 0.165 e. The molecule has 0 spiro atoms. The zero-order valence-electron chi connectivity index (χ0n) is 5.76. The van der Waals surface area contributed by atoms with Crippen LogP contribution in [0.4, 0.5) is 4.39 Å². The largest absolute Gasteiger partial charge is 0.281 e. The number of nitrogens with one attached hydrogen (secondary N) is 1. The SMILES string of the molecule is N#Cc1n[nH]c2c1CC(F)C2. The Labute approximate surface area is 62.8 Å². The molecule has 2 rings (SSSR count). The molecular weight excluding hydrogens is 145 g/mol. The molecule has 1 heterocycles. The van der Waals surface area contributed by atoms with E-state index in [1.54, 1.807) is 0 Å². The quantitative estimate of drug-likeness (QED) is 0.593. The molecule has 0 radical (unpaired) electrons. The van der Waals surface area contributed by atoms with Gasteiger partial charge in [-0.15, -0.1) is 0 Å². The van der Waals surface area contributed by atoms with Crippen LogP contribution in [0, 0.1) is 11.3 Å². The number of H-pyrrole nitrogens is 1. The fourth-order valence-electron chi connectivity index (χ4n) is 1.40. The Balaban J connectivity index is 2.46. The van der Waals surface area contributed by atoms with Crippen LogP contribution in [-0.4, -0.2) is 16.4 Å². The van der Waals surface area contributed by atoms with Gasteiger partial charge in [0.25, 0.3) is 0 Å². The third-order valence-electron chi connectivity index (χ3n) is 1.91. The number of hydrogen-bond acceptors (Lipinski definition) is 2. The number of nitrogens with zero attached hydrogens (tertiary/aromatic N) is 2. The molecule has 1 unspecified atom stereocenters. The van der Waals surface area contributed by atoms with Crippen LogP contribution in [-0.2, 0) is 12.8 Å². The Morgan fingerprint density at radius 2 is 2.45 bits per heavy atom. The summed E-state index contributed by atoms with van der Waals surface area (Å²) in [5.74, 6) is 0. The Bertz CT molecular complexity index is 323. The van der Waals surface area contributed by atoms with E-state index in [0.29, 0.717) is 18.5 Å². The molecule has 0 amide bonds. The molecule has 0 aromatic carbocycles. The molecule has 1 atom stereocenters. The lowest BCUT2D eigenvalue weighted by Crippen LogP contribution is -1.99. The standard InChI is InChI=1S/C7H6FN3/c8-4-1-5-6(2-4)10-11-7(5)3-9/h4H,1-2H2,(H,10,11). The molecule has 4 heteroatoms. The number of alkyl halides is 1. The summed E-state index contributed by atoms with van der Waals surface area (Å²) >= 11 is 0. The van der Waals surface area contributed by atoms with Crippen molar-refractivity contribution in [3.8, 4) is 6.07 Å². The first kappa shape index (κ1) is 6.35. The Hall–Kier alpha value is -1.37. The normalized spacial score (nSPS) is 21.3. The van der Waals surface area contributed by atoms with Crippen molar-refractivity contribution in [2.75, 3.05) is 0 Å². The maximum absolute atomic E-state index is 12.7. The van der Waals surface area contributed by atoms with Crippen molar-refractivity contribution >= 4 is 0 Å². The van der Waals surface area contributed by atoms with E-state index in [9.17, 15) is 4.39 Å². The Kier molecular flexibility index (Phi) is 1.19. The highest BCUT2D eigenvalue weighted by Crippen LogP contribution is 2.24. The summed E-state index contributed by atoms with van der Waals surface area (Å²) in [6, 6.07) is 1.92. The summed E-state index contributed by atoms with van der Waals surface area (Å²) in [6.07, 6.45) is -0.106. The van der Waals surface area contributed by atoms with Crippen molar-refractivity contribution in [3.63, 3.8) is 0 Å². The Morgan fingerprint density at radius 3 is 3.18 bits per heavy atom. The van der Waals surface area contributed by atoms with E-state index < -0.39 is 6.17 Å². The van der Waals surface area contributed by atoms with Crippen LogP contribution in [0.2, 0.25) is 0 Å². The minimum absolute atomic E-state index is 0.342. The lowest BCUT2D eigenvalue weighted by Gasteiger charge is -1.91. The molecule has 0 fully saturated rings. The average Bonchev–Trinajstić information content (AvgIpc) is 2.45. The predicted octanol–water partition coefficient (Wildman–Crippen LogP) is 0.718. The van der Waals surface area contributed by atoms with E-state index in [4.69, 9.17) is 5.26 Å².